The zero-order chi connectivity index (χ0) is 13.0. The first-order valence-corrected chi connectivity index (χ1v) is 5.30. The first-order valence-electron chi connectivity index (χ1n) is 5.30. The second-order valence-electron chi connectivity index (χ2n) is 4.03. The smallest absolute Gasteiger partial charge is 0.338 e. The molecule has 0 aliphatic carbocycles. The number of amides is 1. The van der Waals surface area contributed by atoms with Crippen molar-refractivity contribution in [2.45, 2.75) is 26.3 Å². The summed E-state index contributed by atoms with van der Waals surface area (Å²) in [5, 5.41) is 11.6. The van der Waals surface area contributed by atoms with Crippen LogP contribution in [0.5, 0.6) is 0 Å². The summed E-state index contributed by atoms with van der Waals surface area (Å²) >= 11 is 0. The van der Waals surface area contributed by atoms with E-state index >= 15 is 0 Å². The van der Waals surface area contributed by atoms with Crippen LogP contribution in [-0.4, -0.2) is 23.0 Å². The Hall–Kier alpha value is -1.88. The van der Waals surface area contributed by atoms with E-state index in [4.69, 9.17) is 10.8 Å². The van der Waals surface area contributed by atoms with Gasteiger partial charge in [-0.1, -0.05) is 12.1 Å². The number of carboxylic acid groups (broad SMARTS) is 1. The van der Waals surface area contributed by atoms with E-state index in [0.29, 0.717) is 11.3 Å². The molecule has 1 rings (SSSR count). The van der Waals surface area contributed by atoms with Gasteiger partial charge in [-0.2, -0.15) is 0 Å². The molecule has 0 aliphatic heterocycles. The van der Waals surface area contributed by atoms with E-state index in [-0.39, 0.29) is 23.9 Å². The van der Waals surface area contributed by atoms with E-state index in [2.05, 4.69) is 5.32 Å². The molecule has 92 valence electrons. The molecule has 1 aromatic carbocycles. The van der Waals surface area contributed by atoms with Crippen LogP contribution in [0.3, 0.4) is 0 Å². The largest absolute Gasteiger partial charge is 0.478 e. The average molecular weight is 236 g/mol. The predicted molar refractivity (Wildman–Crippen MR) is 65.0 cm³/mol. The van der Waals surface area contributed by atoms with Crippen molar-refractivity contribution in [3.63, 3.8) is 0 Å². The summed E-state index contributed by atoms with van der Waals surface area (Å²) in [6, 6.07) is 4.69. The molecule has 1 atom stereocenters. The van der Waals surface area contributed by atoms with E-state index in [9.17, 15) is 9.59 Å². The van der Waals surface area contributed by atoms with Crippen LogP contribution in [0, 0.1) is 6.92 Å². The monoisotopic (exact) mass is 236 g/mol. The molecule has 0 saturated heterocycles. The average Bonchev–Trinajstić information content (AvgIpc) is 2.15. The molecule has 17 heavy (non-hydrogen) atoms. The van der Waals surface area contributed by atoms with Crippen LogP contribution >= 0.6 is 0 Å². The molecule has 4 N–H and O–H groups in total. The molecule has 0 aromatic heterocycles. The van der Waals surface area contributed by atoms with E-state index in [0.717, 1.165) is 0 Å². The van der Waals surface area contributed by atoms with E-state index in [1.807, 2.05) is 0 Å². The summed E-state index contributed by atoms with van der Waals surface area (Å²) in [5.41, 5.74) is 6.53. The second kappa shape index (κ2) is 5.45. The van der Waals surface area contributed by atoms with Crippen LogP contribution in [0.4, 0.5) is 5.69 Å². The van der Waals surface area contributed by atoms with Gasteiger partial charge in [0.15, 0.2) is 0 Å². The van der Waals surface area contributed by atoms with Crippen molar-refractivity contribution >= 4 is 17.6 Å². The summed E-state index contributed by atoms with van der Waals surface area (Å²) in [6.07, 6.45) is 0.160. The minimum absolute atomic E-state index is 0.116. The van der Waals surface area contributed by atoms with Crippen molar-refractivity contribution in [3.05, 3.63) is 29.3 Å². The Bertz CT molecular complexity index is 441. The van der Waals surface area contributed by atoms with E-state index in [1.165, 1.54) is 0 Å². The number of aromatic carboxylic acids is 1. The van der Waals surface area contributed by atoms with Crippen molar-refractivity contribution in [2.75, 3.05) is 5.32 Å². The van der Waals surface area contributed by atoms with Gasteiger partial charge < -0.3 is 16.2 Å². The number of aryl methyl sites for hydroxylation is 1. The number of carboxylic acids is 1. The molecule has 0 heterocycles. The maximum absolute atomic E-state index is 11.5. The van der Waals surface area contributed by atoms with Gasteiger partial charge in [0.1, 0.15) is 0 Å². The molecular formula is C12H16N2O3. The molecule has 0 fully saturated rings. The number of nitrogens with one attached hydrogen (secondary N) is 1. The number of anilines is 1. The predicted octanol–water partition coefficient (Wildman–Crippen LogP) is 1.37. The molecule has 5 nitrogen and oxygen atoms in total. The number of hydrogen-bond acceptors (Lipinski definition) is 3. The van der Waals surface area contributed by atoms with Crippen molar-refractivity contribution in [1.82, 2.24) is 0 Å². The van der Waals surface area contributed by atoms with Gasteiger partial charge in [0.25, 0.3) is 0 Å². The molecule has 1 aromatic rings. The lowest BCUT2D eigenvalue weighted by Gasteiger charge is -2.11. The Morgan fingerprint density at radius 2 is 2.12 bits per heavy atom. The van der Waals surface area contributed by atoms with Crippen LogP contribution in [0.25, 0.3) is 0 Å². The standard InChI is InChI=1S/C12H16N2O3/c1-7-4-3-5-9(11(7)12(16)17)14-10(15)6-8(2)13/h3-5,8H,6,13H2,1-2H3,(H,14,15)(H,16,17). The van der Waals surface area contributed by atoms with Gasteiger partial charge in [0.05, 0.1) is 11.3 Å². The molecule has 1 amide bonds. The SMILES string of the molecule is Cc1cccc(NC(=O)CC(C)N)c1C(=O)O. The maximum Gasteiger partial charge on any atom is 0.338 e. The number of hydrogen-bond donors (Lipinski definition) is 3. The number of nitrogens with two attached hydrogens (primary N) is 1. The van der Waals surface area contributed by atoms with Gasteiger partial charge in [-0.25, -0.2) is 4.79 Å². The number of carbonyl (C=O) groups excluding carboxylic acids is 1. The Labute approximate surface area is 99.6 Å². The minimum Gasteiger partial charge on any atom is -0.478 e. The van der Waals surface area contributed by atoms with Crippen molar-refractivity contribution in [2.24, 2.45) is 5.73 Å². The van der Waals surface area contributed by atoms with Gasteiger partial charge in [0.2, 0.25) is 5.91 Å². The lowest BCUT2D eigenvalue weighted by Crippen LogP contribution is -2.24. The number of rotatable bonds is 4. The van der Waals surface area contributed by atoms with E-state index < -0.39 is 5.97 Å². The van der Waals surface area contributed by atoms with Crippen molar-refractivity contribution in [1.29, 1.82) is 0 Å². The zero-order valence-corrected chi connectivity index (χ0v) is 9.86. The Morgan fingerprint density at radius 3 is 2.65 bits per heavy atom. The summed E-state index contributed by atoms with van der Waals surface area (Å²) in [5.74, 6) is -1.34. The first kappa shape index (κ1) is 13.2. The number of benzene rings is 1. The fourth-order valence-electron chi connectivity index (χ4n) is 1.55. The molecule has 5 heteroatoms. The van der Waals surface area contributed by atoms with E-state index in [1.54, 1.807) is 32.0 Å². The normalized spacial score (nSPS) is 11.9. The summed E-state index contributed by atoms with van der Waals surface area (Å²) < 4.78 is 0. The highest BCUT2D eigenvalue weighted by Gasteiger charge is 2.15. The minimum atomic E-state index is -1.06. The maximum atomic E-state index is 11.5. The van der Waals surface area contributed by atoms with Crippen molar-refractivity contribution in [3.8, 4) is 0 Å². The lowest BCUT2D eigenvalue weighted by atomic mass is 10.1. The summed E-state index contributed by atoms with van der Waals surface area (Å²) in [6.45, 7) is 3.40. The zero-order valence-electron chi connectivity index (χ0n) is 9.86. The molecule has 0 saturated carbocycles. The third-order valence-electron chi connectivity index (χ3n) is 2.27. The second-order valence-corrected chi connectivity index (χ2v) is 4.03. The third kappa shape index (κ3) is 3.57. The Morgan fingerprint density at radius 1 is 1.47 bits per heavy atom. The number of carbonyl (C=O) groups is 2. The van der Waals surface area contributed by atoms with Gasteiger partial charge >= 0.3 is 5.97 Å². The van der Waals surface area contributed by atoms with Gasteiger partial charge in [-0.15, -0.1) is 0 Å². The van der Waals surface area contributed by atoms with Gasteiger partial charge in [-0.05, 0) is 25.5 Å². The molecule has 0 aliphatic rings. The van der Waals surface area contributed by atoms with Gasteiger partial charge in [-0.3, -0.25) is 4.79 Å². The summed E-state index contributed by atoms with van der Waals surface area (Å²) in [7, 11) is 0. The fraction of sp³-hybridized carbons (Fsp3) is 0.333. The van der Waals surface area contributed by atoms with Crippen LogP contribution in [0.2, 0.25) is 0 Å². The molecule has 0 radical (unpaired) electrons. The first-order chi connectivity index (χ1) is 7.91. The van der Waals surface area contributed by atoms with Crippen LogP contribution < -0.4 is 11.1 Å². The lowest BCUT2D eigenvalue weighted by molar-refractivity contribution is -0.116. The fourth-order valence-corrected chi connectivity index (χ4v) is 1.55. The third-order valence-corrected chi connectivity index (χ3v) is 2.27. The molecule has 1 unspecified atom stereocenters. The van der Waals surface area contributed by atoms with Crippen LogP contribution in [0.1, 0.15) is 29.3 Å². The van der Waals surface area contributed by atoms with Gasteiger partial charge in [0, 0.05) is 12.5 Å². The molecule has 0 bridgehead atoms. The van der Waals surface area contributed by atoms with Crippen LogP contribution in [-0.2, 0) is 4.79 Å². The highest BCUT2D eigenvalue weighted by Crippen LogP contribution is 2.19. The molecule has 0 spiro atoms. The highest BCUT2D eigenvalue weighted by atomic mass is 16.4. The topological polar surface area (TPSA) is 92.4 Å². The Kier molecular flexibility index (Phi) is 4.23. The molecular weight excluding hydrogens is 220 g/mol. The highest BCUT2D eigenvalue weighted by molar-refractivity contribution is 6.01. The van der Waals surface area contributed by atoms with Crippen LogP contribution in [0.15, 0.2) is 18.2 Å². The van der Waals surface area contributed by atoms with Crippen molar-refractivity contribution < 1.29 is 14.7 Å². The summed E-state index contributed by atoms with van der Waals surface area (Å²) in [4.78, 5) is 22.6. The Balaban J connectivity index is 2.95. The quantitative estimate of drug-likeness (QED) is 0.736.